The number of carbonyl (C=O) groups excluding carboxylic acids is 1. The van der Waals surface area contributed by atoms with E-state index in [1.165, 1.54) is 17.5 Å². The first-order chi connectivity index (χ1) is 12.3. The van der Waals surface area contributed by atoms with E-state index < -0.39 is 0 Å². The van der Waals surface area contributed by atoms with Gasteiger partial charge in [-0.2, -0.15) is 0 Å². The molecule has 1 aliphatic heterocycles. The lowest BCUT2D eigenvalue weighted by atomic mass is 10.1. The molecule has 1 aliphatic carbocycles. The minimum Gasteiger partial charge on any atom is -0.492 e. The minimum absolute atomic E-state index is 0.213. The molecule has 6 heteroatoms. The van der Waals surface area contributed by atoms with Crippen molar-refractivity contribution in [2.75, 3.05) is 25.3 Å². The normalized spacial score (nSPS) is 14.1. The number of nitrogens with one attached hydrogen (secondary N) is 2. The van der Waals surface area contributed by atoms with E-state index >= 15 is 0 Å². The Morgan fingerprint density at radius 3 is 2.88 bits per heavy atom. The average molecular weight is 340 g/mol. The lowest BCUT2D eigenvalue weighted by Crippen LogP contribution is -2.32. The zero-order valence-electron chi connectivity index (χ0n) is 13.8. The molecule has 0 saturated heterocycles. The van der Waals surface area contributed by atoms with Crippen LogP contribution in [-0.2, 0) is 12.8 Å². The Hall–Kier alpha value is -2.89. The van der Waals surface area contributed by atoms with Crippen LogP contribution in [0.4, 0.5) is 10.5 Å². The third-order valence-electron chi connectivity index (χ3n) is 4.36. The largest absolute Gasteiger partial charge is 0.492 e. The molecule has 0 aromatic heterocycles. The van der Waals surface area contributed by atoms with Crippen LogP contribution >= 0.6 is 0 Å². The zero-order valence-corrected chi connectivity index (χ0v) is 13.8. The second-order valence-electron chi connectivity index (χ2n) is 6.08. The number of hydrogen-bond donors (Lipinski definition) is 2. The van der Waals surface area contributed by atoms with Crippen molar-refractivity contribution in [2.24, 2.45) is 0 Å². The van der Waals surface area contributed by atoms with Gasteiger partial charge in [0.1, 0.15) is 12.4 Å². The number of amides is 2. The average Bonchev–Trinajstić information content (AvgIpc) is 3.26. The number of anilines is 1. The van der Waals surface area contributed by atoms with Crippen LogP contribution in [0.1, 0.15) is 17.5 Å². The van der Waals surface area contributed by atoms with Gasteiger partial charge in [-0.15, -0.1) is 0 Å². The summed E-state index contributed by atoms with van der Waals surface area (Å²) in [6.07, 6.45) is 3.51. The first-order valence-electron chi connectivity index (χ1n) is 8.47. The smallest absolute Gasteiger partial charge is 0.319 e. The van der Waals surface area contributed by atoms with Gasteiger partial charge in [-0.05, 0) is 54.7 Å². The Kier molecular flexibility index (Phi) is 4.33. The number of ether oxygens (including phenoxy) is 3. The van der Waals surface area contributed by atoms with Crippen LogP contribution in [0, 0.1) is 0 Å². The quantitative estimate of drug-likeness (QED) is 0.821. The molecule has 2 aliphatic rings. The molecular weight excluding hydrogens is 320 g/mol. The van der Waals surface area contributed by atoms with E-state index in [4.69, 9.17) is 14.2 Å². The summed E-state index contributed by atoms with van der Waals surface area (Å²) in [7, 11) is 0. The first kappa shape index (κ1) is 15.6. The fourth-order valence-electron chi connectivity index (χ4n) is 3.12. The van der Waals surface area contributed by atoms with E-state index in [1.807, 2.05) is 6.07 Å². The van der Waals surface area contributed by atoms with Gasteiger partial charge < -0.3 is 24.8 Å². The summed E-state index contributed by atoms with van der Waals surface area (Å²) in [5, 5.41) is 5.54. The van der Waals surface area contributed by atoms with Crippen LogP contribution in [0.3, 0.4) is 0 Å². The van der Waals surface area contributed by atoms with Crippen LogP contribution in [0.15, 0.2) is 36.4 Å². The lowest BCUT2D eigenvalue weighted by molar-refractivity contribution is 0.174. The van der Waals surface area contributed by atoms with E-state index in [0.29, 0.717) is 30.3 Å². The summed E-state index contributed by atoms with van der Waals surface area (Å²) in [5.74, 6) is 2.19. The number of hydrogen-bond acceptors (Lipinski definition) is 4. The van der Waals surface area contributed by atoms with E-state index in [9.17, 15) is 4.79 Å². The number of carbonyl (C=O) groups is 1. The van der Waals surface area contributed by atoms with Gasteiger partial charge in [0.05, 0.1) is 6.54 Å². The van der Waals surface area contributed by atoms with E-state index in [2.05, 4.69) is 22.8 Å². The molecule has 4 rings (SSSR count). The molecule has 0 fully saturated rings. The van der Waals surface area contributed by atoms with Gasteiger partial charge in [0.2, 0.25) is 6.79 Å². The fourth-order valence-corrected chi connectivity index (χ4v) is 3.12. The molecule has 0 saturated carbocycles. The summed E-state index contributed by atoms with van der Waals surface area (Å²) in [6, 6.07) is 11.2. The zero-order chi connectivity index (χ0) is 17.1. The molecule has 130 valence electrons. The van der Waals surface area contributed by atoms with Gasteiger partial charge in [0, 0.05) is 11.8 Å². The molecule has 6 nitrogen and oxygen atoms in total. The summed E-state index contributed by atoms with van der Waals surface area (Å²) in [6.45, 7) is 1.06. The number of aryl methyl sites for hydroxylation is 2. The second kappa shape index (κ2) is 6.93. The van der Waals surface area contributed by atoms with E-state index in [-0.39, 0.29) is 12.8 Å². The molecule has 0 bridgehead atoms. The molecule has 2 N–H and O–H groups in total. The molecule has 1 heterocycles. The fraction of sp³-hybridized carbons (Fsp3) is 0.316. The molecule has 0 spiro atoms. The highest BCUT2D eigenvalue weighted by Crippen LogP contribution is 2.34. The molecule has 2 aromatic carbocycles. The van der Waals surface area contributed by atoms with Crippen molar-refractivity contribution in [1.29, 1.82) is 0 Å². The van der Waals surface area contributed by atoms with Crippen LogP contribution in [-0.4, -0.2) is 26.0 Å². The minimum atomic E-state index is -0.281. The van der Waals surface area contributed by atoms with Crippen LogP contribution in [0.25, 0.3) is 0 Å². The van der Waals surface area contributed by atoms with Crippen molar-refractivity contribution in [2.45, 2.75) is 19.3 Å². The van der Waals surface area contributed by atoms with E-state index in [1.54, 1.807) is 18.2 Å². The van der Waals surface area contributed by atoms with E-state index in [0.717, 1.165) is 18.6 Å². The number of benzene rings is 2. The monoisotopic (exact) mass is 340 g/mol. The van der Waals surface area contributed by atoms with Crippen molar-refractivity contribution in [3.05, 3.63) is 47.5 Å². The van der Waals surface area contributed by atoms with Crippen molar-refractivity contribution in [3.8, 4) is 17.2 Å². The number of fused-ring (bicyclic) bond motifs is 2. The predicted molar refractivity (Wildman–Crippen MR) is 93.5 cm³/mol. The van der Waals surface area contributed by atoms with Gasteiger partial charge in [0.15, 0.2) is 11.5 Å². The Labute approximate surface area is 146 Å². The van der Waals surface area contributed by atoms with Gasteiger partial charge in [-0.3, -0.25) is 0 Å². The van der Waals surface area contributed by atoms with Gasteiger partial charge in [-0.1, -0.05) is 6.07 Å². The topological polar surface area (TPSA) is 68.8 Å². The maximum Gasteiger partial charge on any atom is 0.319 e. The van der Waals surface area contributed by atoms with Crippen LogP contribution in [0.2, 0.25) is 0 Å². The van der Waals surface area contributed by atoms with Crippen molar-refractivity contribution >= 4 is 11.7 Å². The van der Waals surface area contributed by atoms with Gasteiger partial charge >= 0.3 is 6.03 Å². The second-order valence-corrected chi connectivity index (χ2v) is 6.08. The third-order valence-corrected chi connectivity index (χ3v) is 4.36. The number of urea groups is 1. The molecule has 25 heavy (non-hydrogen) atoms. The highest BCUT2D eigenvalue weighted by atomic mass is 16.7. The SMILES string of the molecule is O=C(NCCOc1ccc2c(c1)CCC2)Nc1ccc2c(c1)OCO2. The molecule has 0 unspecified atom stereocenters. The Balaban J connectivity index is 1.21. The van der Waals surface area contributed by atoms with Crippen LogP contribution in [0.5, 0.6) is 17.2 Å². The van der Waals surface area contributed by atoms with Crippen molar-refractivity contribution in [3.63, 3.8) is 0 Å². The third kappa shape index (κ3) is 3.63. The Bertz CT molecular complexity index is 791. The summed E-state index contributed by atoms with van der Waals surface area (Å²) in [5.41, 5.74) is 3.46. The summed E-state index contributed by atoms with van der Waals surface area (Å²) in [4.78, 5) is 11.9. The van der Waals surface area contributed by atoms with Gasteiger partial charge in [0.25, 0.3) is 0 Å². The molecule has 2 amide bonds. The highest BCUT2D eigenvalue weighted by molar-refractivity contribution is 5.89. The molecule has 0 radical (unpaired) electrons. The maximum atomic E-state index is 11.9. The standard InChI is InChI=1S/C19H20N2O4/c22-19(21-15-5-7-17-18(11-15)25-12-24-17)20-8-9-23-16-6-4-13-2-1-3-14(13)10-16/h4-7,10-11H,1-3,8-9,12H2,(H2,20,21,22). The Morgan fingerprint density at radius 2 is 1.92 bits per heavy atom. The van der Waals surface area contributed by atoms with Crippen LogP contribution < -0.4 is 24.8 Å². The lowest BCUT2D eigenvalue weighted by Gasteiger charge is -2.10. The highest BCUT2D eigenvalue weighted by Gasteiger charge is 2.14. The summed E-state index contributed by atoms with van der Waals surface area (Å²) < 4.78 is 16.2. The summed E-state index contributed by atoms with van der Waals surface area (Å²) >= 11 is 0. The van der Waals surface area contributed by atoms with Gasteiger partial charge in [-0.25, -0.2) is 4.79 Å². The Morgan fingerprint density at radius 1 is 1.04 bits per heavy atom. The van der Waals surface area contributed by atoms with Crippen molar-refractivity contribution < 1.29 is 19.0 Å². The molecule has 2 aromatic rings. The number of rotatable bonds is 5. The molecule has 0 atom stereocenters. The maximum absolute atomic E-state index is 11.9. The first-order valence-corrected chi connectivity index (χ1v) is 8.47. The predicted octanol–water partition coefficient (Wildman–Crippen LogP) is 3.10. The molecular formula is C19H20N2O4. The van der Waals surface area contributed by atoms with Crippen molar-refractivity contribution in [1.82, 2.24) is 5.32 Å².